The first-order chi connectivity index (χ1) is 12.8. The van der Waals surface area contributed by atoms with Crippen molar-refractivity contribution < 1.29 is 14.5 Å². The zero-order chi connectivity index (χ0) is 19.8. The molecule has 2 amide bonds. The van der Waals surface area contributed by atoms with Gasteiger partial charge in [0.2, 0.25) is 0 Å². The summed E-state index contributed by atoms with van der Waals surface area (Å²) in [7, 11) is 0. The normalized spacial score (nSPS) is 9.81. The maximum absolute atomic E-state index is 12.0. The number of nitro benzene ring substituents is 1. The molecule has 11 heteroatoms. The number of amides is 2. The first kappa shape index (κ1) is 20.1. The number of non-ortho nitro benzene ring substituents is 1. The zero-order valence-electron chi connectivity index (χ0n) is 13.7. The Kier molecular flexibility index (Phi) is 7.03. The Labute approximate surface area is 164 Å². The Balaban J connectivity index is 1.77. The minimum Gasteiger partial charge on any atom is -0.343 e. The van der Waals surface area contributed by atoms with Crippen LogP contribution in [0.15, 0.2) is 48.5 Å². The standard InChI is InChI=1S/C16H14ClN5O4S/c17-11-4-2-5-12(8-11)19-16(27)21-20-14(23)9-18-15(24)10-3-1-6-13(7-10)22(25)26/h1-8H,9H2,(H,18,24)(H,20,23)(H2,19,21,27). The van der Waals surface area contributed by atoms with Crippen molar-refractivity contribution in [2.24, 2.45) is 0 Å². The first-order valence-electron chi connectivity index (χ1n) is 7.49. The van der Waals surface area contributed by atoms with E-state index in [1.807, 2.05) is 0 Å². The molecular weight excluding hydrogens is 394 g/mol. The number of nitro groups is 1. The van der Waals surface area contributed by atoms with Crippen LogP contribution in [0, 0.1) is 10.1 Å². The van der Waals surface area contributed by atoms with Crippen molar-refractivity contribution in [1.82, 2.24) is 16.2 Å². The summed E-state index contributed by atoms with van der Waals surface area (Å²) in [6, 6.07) is 12.0. The molecule has 0 atom stereocenters. The van der Waals surface area contributed by atoms with Gasteiger partial charge in [0.15, 0.2) is 5.11 Å². The average Bonchev–Trinajstić information content (AvgIpc) is 2.64. The lowest BCUT2D eigenvalue weighted by atomic mass is 10.2. The van der Waals surface area contributed by atoms with Crippen molar-refractivity contribution in [3.63, 3.8) is 0 Å². The minimum absolute atomic E-state index is 0.0723. The summed E-state index contributed by atoms with van der Waals surface area (Å²) in [5, 5.41) is 16.5. The second-order valence-corrected chi connectivity index (χ2v) is 5.97. The van der Waals surface area contributed by atoms with Gasteiger partial charge in [0, 0.05) is 28.4 Å². The van der Waals surface area contributed by atoms with Gasteiger partial charge in [-0.3, -0.25) is 30.6 Å². The quantitative estimate of drug-likeness (QED) is 0.339. The molecule has 27 heavy (non-hydrogen) atoms. The fraction of sp³-hybridized carbons (Fsp3) is 0.0625. The third-order valence-corrected chi connectivity index (χ3v) is 3.57. The molecule has 0 saturated heterocycles. The van der Waals surface area contributed by atoms with Crippen molar-refractivity contribution in [3.05, 3.63) is 69.2 Å². The van der Waals surface area contributed by atoms with Gasteiger partial charge in [0.25, 0.3) is 17.5 Å². The van der Waals surface area contributed by atoms with Crippen LogP contribution in [-0.4, -0.2) is 28.4 Å². The molecule has 0 aliphatic carbocycles. The van der Waals surface area contributed by atoms with Crippen LogP contribution in [0.1, 0.15) is 10.4 Å². The van der Waals surface area contributed by atoms with Gasteiger partial charge in [-0.25, -0.2) is 0 Å². The summed E-state index contributed by atoms with van der Waals surface area (Å²) in [6.07, 6.45) is 0. The van der Waals surface area contributed by atoms with Crippen LogP contribution in [0.2, 0.25) is 5.02 Å². The monoisotopic (exact) mass is 407 g/mol. The number of nitrogens with one attached hydrogen (secondary N) is 4. The SMILES string of the molecule is O=C(CNC(=O)c1cccc([N+](=O)[O-])c1)NNC(=S)Nc1cccc(Cl)c1. The number of carbonyl (C=O) groups is 2. The number of hydrogen-bond acceptors (Lipinski definition) is 5. The molecule has 0 spiro atoms. The highest BCUT2D eigenvalue weighted by atomic mass is 35.5. The van der Waals surface area contributed by atoms with E-state index in [0.29, 0.717) is 10.7 Å². The van der Waals surface area contributed by atoms with Gasteiger partial charge in [-0.2, -0.15) is 0 Å². The van der Waals surface area contributed by atoms with Crippen LogP contribution in [0.25, 0.3) is 0 Å². The van der Waals surface area contributed by atoms with Gasteiger partial charge in [-0.05, 0) is 36.5 Å². The van der Waals surface area contributed by atoms with Crippen LogP contribution in [0.4, 0.5) is 11.4 Å². The number of hydrogen-bond donors (Lipinski definition) is 4. The van der Waals surface area contributed by atoms with E-state index in [2.05, 4.69) is 21.5 Å². The molecule has 0 aromatic heterocycles. The number of nitrogens with zero attached hydrogens (tertiary/aromatic N) is 1. The van der Waals surface area contributed by atoms with Crippen LogP contribution in [0.5, 0.6) is 0 Å². The van der Waals surface area contributed by atoms with Crippen LogP contribution in [-0.2, 0) is 4.79 Å². The molecule has 9 nitrogen and oxygen atoms in total. The number of halogens is 1. The van der Waals surface area contributed by atoms with Crippen LogP contribution >= 0.6 is 23.8 Å². The van der Waals surface area contributed by atoms with E-state index in [0.717, 1.165) is 6.07 Å². The molecule has 0 radical (unpaired) electrons. The Bertz CT molecular complexity index is 893. The lowest BCUT2D eigenvalue weighted by molar-refractivity contribution is -0.384. The second kappa shape index (κ2) is 9.46. The summed E-state index contributed by atoms with van der Waals surface area (Å²) in [4.78, 5) is 33.8. The Morgan fingerprint density at radius 2 is 1.85 bits per heavy atom. The Morgan fingerprint density at radius 1 is 1.11 bits per heavy atom. The molecule has 4 N–H and O–H groups in total. The highest BCUT2D eigenvalue weighted by Gasteiger charge is 2.12. The van der Waals surface area contributed by atoms with Gasteiger partial charge in [0.1, 0.15) is 0 Å². The van der Waals surface area contributed by atoms with Crippen molar-refractivity contribution in [3.8, 4) is 0 Å². The number of anilines is 1. The van der Waals surface area contributed by atoms with E-state index in [1.165, 1.54) is 18.2 Å². The Hall–Kier alpha value is -3.24. The molecular formula is C16H14ClN5O4S. The third kappa shape index (κ3) is 6.53. The molecule has 0 aliphatic heterocycles. The van der Waals surface area contributed by atoms with Crippen molar-refractivity contribution in [2.45, 2.75) is 0 Å². The number of hydrazine groups is 1. The molecule has 0 fully saturated rings. The lowest BCUT2D eigenvalue weighted by Gasteiger charge is -2.12. The average molecular weight is 408 g/mol. The third-order valence-electron chi connectivity index (χ3n) is 3.13. The molecule has 0 bridgehead atoms. The first-order valence-corrected chi connectivity index (χ1v) is 8.28. The topological polar surface area (TPSA) is 125 Å². The van der Waals surface area contributed by atoms with Crippen molar-refractivity contribution in [1.29, 1.82) is 0 Å². The number of rotatable bonds is 5. The van der Waals surface area contributed by atoms with Crippen molar-refractivity contribution in [2.75, 3.05) is 11.9 Å². The fourth-order valence-corrected chi connectivity index (χ4v) is 2.28. The van der Waals surface area contributed by atoms with Crippen molar-refractivity contribution >= 4 is 52.1 Å². The van der Waals surface area contributed by atoms with E-state index in [1.54, 1.807) is 24.3 Å². The summed E-state index contributed by atoms with van der Waals surface area (Å²) in [5.41, 5.74) is 5.27. The highest BCUT2D eigenvalue weighted by molar-refractivity contribution is 7.80. The molecule has 2 aromatic rings. The summed E-state index contributed by atoms with van der Waals surface area (Å²) < 4.78 is 0. The molecule has 2 aromatic carbocycles. The van der Waals surface area contributed by atoms with Gasteiger partial charge < -0.3 is 10.6 Å². The lowest BCUT2D eigenvalue weighted by Crippen LogP contribution is -2.47. The Morgan fingerprint density at radius 3 is 2.56 bits per heavy atom. The van der Waals surface area contributed by atoms with Gasteiger partial charge in [0.05, 0.1) is 11.5 Å². The largest absolute Gasteiger partial charge is 0.343 e. The molecule has 0 unspecified atom stereocenters. The molecule has 0 saturated carbocycles. The molecule has 0 aliphatic rings. The maximum Gasteiger partial charge on any atom is 0.270 e. The molecule has 2 rings (SSSR count). The molecule has 0 heterocycles. The second-order valence-electron chi connectivity index (χ2n) is 5.13. The number of thiocarbonyl (C=S) groups is 1. The number of carbonyl (C=O) groups excluding carboxylic acids is 2. The van der Waals surface area contributed by atoms with E-state index in [4.69, 9.17) is 23.8 Å². The van der Waals surface area contributed by atoms with Gasteiger partial charge in [-0.1, -0.05) is 23.7 Å². The van der Waals surface area contributed by atoms with E-state index in [-0.39, 0.29) is 22.9 Å². The van der Waals surface area contributed by atoms with Crippen LogP contribution in [0.3, 0.4) is 0 Å². The number of benzene rings is 2. The van der Waals surface area contributed by atoms with Gasteiger partial charge in [-0.15, -0.1) is 0 Å². The summed E-state index contributed by atoms with van der Waals surface area (Å²) in [5.74, 6) is -1.18. The molecule has 140 valence electrons. The van der Waals surface area contributed by atoms with E-state index in [9.17, 15) is 19.7 Å². The van der Waals surface area contributed by atoms with E-state index < -0.39 is 16.7 Å². The van der Waals surface area contributed by atoms with Gasteiger partial charge >= 0.3 is 0 Å². The maximum atomic E-state index is 12.0. The predicted octanol–water partition coefficient (Wildman–Crippen LogP) is 2.00. The summed E-state index contributed by atoms with van der Waals surface area (Å²) >= 11 is 10.9. The summed E-state index contributed by atoms with van der Waals surface area (Å²) in [6.45, 7) is -0.353. The highest BCUT2D eigenvalue weighted by Crippen LogP contribution is 2.14. The fourth-order valence-electron chi connectivity index (χ4n) is 1.92. The predicted molar refractivity (Wildman–Crippen MR) is 104 cm³/mol. The van der Waals surface area contributed by atoms with E-state index >= 15 is 0 Å². The van der Waals surface area contributed by atoms with Crippen LogP contribution < -0.4 is 21.5 Å². The zero-order valence-corrected chi connectivity index (χ0v) is 15.3. The smallest absolute Gasteiger partial charge is 0.270 e. The minimum atomic E-state index is -0.617.